The molecule has 0 bridgehead atoms. The van der Waals surface area contributed by atoms with Crippen molar-refractivity contribution < 1.29 is 0 Å². The second-order valence-electron chi connectivity index (χ2n) is 6.36. The van der Waals surface area contributed by atoms with E-state index in [2.05, 4.69) is 55.3 Å². The fraction of sp³-hybridized carbons (Fsp3) is 0.684. The molecule has 1 aromatic rings. The normalized spacial score (nSPS) is 22.1. The number of nitrogens with zero attached hydrogens (tertiary/aromatic N) is 1. The van der Waals surface area contributed by atoms with Crippen molar-refractivity contribution in [1.29, 1.82) is 0 Å². The van der Waals surface area contributed by atoms with Gasteiger partial charge in [-0.05, 0) is 43.0 Å². The van der Waals surface area contributed by atoms with Crippen molar-refractivity contribution in [3.63, 3.8) is 0 Å². The summed E-state index contributed by atoms with van der Waals surface area (Å²) in [6.45, 7) is 11.1. The van der Waals surface area contributed by atoms with Crippen molar-refractivity contribution in [3.8, 4) is 0 Å². The van der Waals surface area contributed by atoms with E-state index >= 15 is 0 Å². The lowest BCUT2D eigenvalue weighted by molar-refractivity contribution is 0.296. The van der Waals surface area contributed by atoms with E-state index in [9.17, 15) is 0 Å². The van der Waals surface area contributed by atoms with Gasteiger partial charge in [0.05, 0.1) is 0 Å². The summed E-state index contributed by atoms with van der Waals surface area (Å²) in [7, 11) is 0. The molecule has 1 saturated carbocycles. The highest BCUT2D eigenvalue weighted by Crippen LogP contribution is 2.28. The summed E-state index contributed by atoms with van der Waals surface area (Å²) in [6.07, 6.45) is 5.50. The predicted octanol–water partition coefficient (Wildman–Crippen LogP) is 4.20. The second-order valence-corrected chi connectivity index (χ2v) is 6.36. The summed E-state index contributed by atoms with van der Waals surface area (Å²) >= 11 is 0. The summed E-state index contributed by atoms with van der Waals surface area (Å²) in [5.41, 5.74) is 2.84. The molecule has 1 fully saturated rings. The zero-order chi connectivity index (χ0) is 15.1. The van der Waals surface area contributed by atoms with Crippen molar-refractivity contribution in [2.45, 2.75) is 65.6 Å². The Bertz CT molecular complexity index is 395. The van der Waals surface area contributed by atoms with Gasteiger partial charge >= 0.3 is 0 Å². The largest absolute Gasteiger partial charge is 0.310 e. The van der Waals surface area contributed by atoms with Gasteiger partial charge in [-0.1, -0.05) is 57.9 Å². The third-order valence-electron chi connectivity index (χ3n) is 5.08. The highest BCUT2D eigenvalue weighted by atomic mass is 15.1. The van der Waals surface area contributed by atoms with Crippen molar-refractivity contribution >= 4 is 0 Å². The van der Waals surface area contributed by atoms with Gasteiger partial charge in [0.1, 0.15) is 0 Å². The minimum atomic E-state index is 0.741. The molecule has 1 aliphatic rings. The molecule has 1 N–H and O–H groups in total. The van der Waals surface area contributed by atoms with Crippen LogP contribution >= 0.6 is 0 Å². The standard InChI is InChI=1S/C19H32N2/c1-4-18-8-7-9-19(18)20-14-16-10-12-17(13-11-16)15-21(5-2)6-3/h10-13,18-20H,4-9,14-15H2,1-3H3. The van der Waals surface area contributed by atoms with Crippen LogP contribution in [-0.4, -0.2) is 24.0 Å². The van der Waals surface area contributed by atoms with E-state index < -0.39 is 0 Å². The van der Waals surface area contributed by atoms with Crippen molar-refractivity contribution in [2.24, 2.45) is 5.92 Å². The molecule has 0 aromatic heterocycles. The Morgan fingerprint density at radius 1 is 1.00 bits per heavy atom. The molecule has 0 amide bonds. The minimum Gasteiger partial charge on any atom is -0.310 e. The number of hydrogen-bond acceptors (Lipinski definition) is 2. The van der Waals surface area contributed by atoms with E-state index in [-0.39, 0.29) is 0 Å². The van der Waals surface area contributed by atoms with Gasteiger partial charge < -0.3 is 5.32 Å². The Balaban J connectivity index is 1.82. The van der Waals surface area contributed by atoms with Gasteiger partial charge in [-0.15, -0.1) is 0 Å². The Labute approximate surface area is 130 Å². The maximum absolute atomic E-state index is 3.77. The Hall–Kier alpha value is -0.860. The average molecular weight is 288 g/mol. The van der Waals surface area contributed by atoms with E-state index in [0.717, 1.165) is 38.1 Å². The van der Waals surface area contributed by atoms with E-state index in [1.807, 2.05) is 0 Å². The maximum atomic E-state index is 3.77. The fourth-order valence-corrected chi connectivity index (χ4v) is 3.51. The summed E-state index contributed by atoms with van der Waals surface area (Å²) in [5, 5.41) is 3.77. The van der Waals surface area contributed by atoms with Gasteiger partial charge in [0.2, 0.25) is 0 Å². The molecule has 2 nitrogen and oxygen atoms in total. The number of benzene rings is 1. The third-order valence-corrected chi connectivity index (χ3v) is 5.08. The molecule has 0 spiro atoms. The molecule has 1 aliphatic carbocycles. The van der Waals surface area contributed by atoms with E-state index in [4.69, 9.17) is 0 Å². The highest BCUT2D eigenvalue weighted by molar-refractivity contribution is 5.22. The lowest BCUT2D eigenvalue weighted by atomic mass is 10.0. The van der Waals surface area contributed by atoms with Gasteiger partial charge in [-0.3, -0.25) is 4.90 Å². The van der Waals surface area contributed by atoms with E-state index in [0.29, 0.717) is 0 Å². The zero-order valence-electron chi connectivity index (χ0n) is 14.1. The van der Waals surface area contributed by atoms with Crippen LogP contribution in [0.5, 0.6) is 0 Å². The molecular formula is C19H32N2. The fourth-order valence-electron chi connectivity index (χ4n) is 3.51. The molecule has 0 aliphatic heterocycles. The number of rotatable bonds is 8. The van der Waals surface area contributed by atoms with E-state index in [1.54, 1.807) is 0 Å². The lowest BCUT2D eigenvalue weighted by Crippen LogP contribution is -2.31. The first kappa shape index (κ1) is 16.5. The lowest BCUT2D eigenvalue weighted by Gasteiger charge is -2.20. The monoisotopic (exact) mass is 288 g/mol. The SMILES string of the molecule is CCC1CCCC1NCc1ccc(CN(CC)CC)cc1. The Kier molecular flexibility index (Phi) is 6.72. The molecule has 0 radical (unpaired) electrons. The number of nitrogens with one attached hydrogen (secondary N) is 1. The molecule has 2 unspecified atom stereocenters. The summed E-state index contributed by atoms with van der Waals surface area (Å²) in [6, 6.07) is 9.91. The molecule has 118 valence electrons. The van der Waals surface area contributed by atoms with Crippen LogP contribution in [0.1, 0.15) is 57.6 Å². The van der Waals surface area contributed by atoms with Crippen LogP contribution in [0.15, 0.2) is 24.3 Å². The first-order chi connectivity index (χ1) is 10.3. The smallest absolute Gasteiger partial charge is 0.0233 e. The first-order valence-corrected chi connectivity index (χ1v) is 8.80. The first-order valence-electron chi connectivity index (χ1n) is 8.80. The van der Waals surface area contributed by atoms with Crippen LogP contribution in [0.25, 0.3) is 0 Å². The maximum Gasteiger partial charge on any atom is 0.0233 e. The van der Waals surface area contributed by atoms with Crippen LogP contribution in [0.2, 0.25) is 0 Å². The molecule has 2 rings (SSSR count). The molecule has 0 saturated heterocycles. The molecule has 21 heavy (non-hydrogen) atoms. The summed E-state index contributed by atoms with van der Waals surface area (Å²) < 4.78 is 0. The molecule has 2 heteroatoms. The third kappa shape index (κ3) is 4.82. The summed E-state index contributed by atoms with van der Waals surface area (Å²) in [4.78, 5) is 2.46. The van der Waals surface area contributed by atoms with Crippen LogP contribution in [0.4, 0.5) is 0 Å². The predicted molar refractivity (Wildman–Crippen MR) is 91.3 cm³/mol. The second kappa shape index (κ2) is 8.55. The molecule has 2 atom stereocenters. The van der Waals surface area contributed by atoms with Crippen LogP contribution in [0, 0.1) is 5.92 Å². The van der Waals surface area contributed by atoms with Gasteiger partial charge in [0, 0.05) is 19.1 Å². The van der Waals surface area contributed by atoms with Crippen LogP contribution in [0.3, 0.4) is 0 Å². The zero-order valence-corrected chi connectivity index (χ0v) is 14.1. The molecular weight excluding hydrogens is 256 g/mol. The average Bonchev–Trinajstić information content (AvgIpc) is 2.99. The van der Waals surface area contributed by atoms with Crippen molar-refractivity contribution in [1.82, 2.24) is 10.2 Å². The minimum absolute atomic E-state index is 0.741. The topological polar surface area (TPSA) is 15.3 Å². The van der Waals surface area contributed by atoms with Crippen molar-refractivity contribution in [2.75, 3.05) is 13.1 Å². The molecule has 0 heterocycles. The van der Waals surface area contributed by atoms with Gasteiger partial charge in [0.15, 0.2) is 0 Å². The number of hydrogen-bond donors (Lipinski definition) is 1. The van der Waals surface area contributed by atoms with Gasteiger partial charge in [-0.25, -0.2) is 0 Å². The van der Waals surface area contributed by atoms with Crippen LogP contribution in [-0.2, 0) is 13.1 Å². The Morgan fingerprint density at radius 2 is 1.67 bits per heavy atom. The summed E-state index contributed by atoms with van der Waals surface area (Å²) in [5.74, 6) is 0.895. The Morgan fingerprint density at radius 3 is 2.29 bits per heavy atom. The quantitative estimate of drug-likeness (QED) is 0.771. The highest BCUT2D eigenvalue weighted by Gasteiger charge is 2.24. The van der Waals surface area contributed by atoms with E-state index in [1.165, 1.54) is 36.8 Å². The van der Waals surface area contributed by atoms with Crippen molar-refractivity contribution in [3.05, 3.63) is 35.4 Å². The van der Waals surface area contributed by atoms with Gasteiger partial charge in [0.25, 0.3) is 0 Å². The molecule has 1 aromatic carbocycles. The van der Waals surface area contributed by atoms with Gasteiger partial charge in [-0.2, -0.15) is 0 Å². The van der Waals surface area contributed by atoms with Crippen LogP contribution < -0.4 is 5.32 Å².